The molecule has 0 atom stereocenters. The Bertz CT molecular complexity index is 459. The highest BCUT2D eigenvalue weighted by Gasteiger charge is 2.08. The third kappa shape index (κ3) is 3.42. The maximum absolute atomic E-state index is 12.2. The zero-order valence-electron chi connectivity index (χ0n) is 8.90. The average molecular weight is 255 g/mol. The van der Waals surface area contributed by atoms with Crippen LogP contribution < -0.4 is 10.1 Å². The zero-order valence-corrected chi connectivity index (χ0v) is 9.71. The van der Waals surface area contributed by atoms with E-state index in [4.69, 9.17) is 0 Å². The lowest BCUT2D eigenvalue weighted by Gasteiger charge is -2.11. The fourth-order valence-electron chi connectivity index (χ4n) is 1.42. The standard InChI is InChI=1S/C12H11F2NOS/c13-12(14)16-11-4-2-1-3-9(11)7-15-10-5-6-17-8-10/h1-6,8,12,15H,7H2. The Morgan fingerprint density at radius 1 is 1.24 bits per heavy atom. The van der Waals surface area contributed by atoms with Gasteiger partial charge in [0.2, 0.25) is 0 Å². The number of ether oxygens (including phenoxy) is 1. The van der Waals surface area contributed by atoms with Gasteiger partial charge in [0, 0.05) is 23.2 Å². The molecule has 1 aromatic carbocycles. The molecule has 1 heterocycles. The van der Waals surface area contributed by atoms with Crippen molar-refractivity contribution in [3.05, 3.63) is 46.7 Å². The Kier molecular flexibility index (Phi) is 3.93. The van der Waals surface area contributed by atoms with E-state index in [9.17, 15) is 8.78 Å². The van der Waals surface area contributed by atoms with Crippen molar-refractivity contribution in [1.29, 1.82) is 0 Å². The molecule has 17 heavy (non-hydrogen) atoms. The van der Waals surface area contributed by atoms with Crippen molar-refractivity contribution in [3.8, 4) is 5.75 Å². The van der Waals surface area contributed by atoms with E-state index in [-0.39, 0.29) is 5.75 Å². The quantitative estimate of drug-likeness (QED) is 0.873. The van der Waals surface area contributed by atoms with E-state index in [0.717, 1.165) is 5.69 Å². The third-order valence-corrected chi connectivity index (χ3v) is 2.88. The molecule has 1 aromatic heterocycles. The van der Waals surface area contributed by atoms with Crippen molar-refractivity contribution < 1.29 is 13.5 Å². The van der Waals surface area contributed by atoms with Crippen LogP contribution in [0.5, 0.6) is 5.75 Å². The molecule has 0 saturated carbocycles. The number of benzene rings is 1. The predicted molar refractivity (Wildman–Crippen MR) is 64.7 cm³/mol. The Morgan fingerprint density at radius 2 is 2.06 bits per heavy atom. The first-order chi connectivity index (χ1) is 8.25. The van der Waals surface area contributed by atoms with Crippen molar-refractivity contribution in [2.45, 2.75) is 13.2 Å². The minimum absolute atomic E-state index is 0.213. The number of halogens is 2. The molecular weight excluding hydrogens is 244 g/mol. The molecular formula is C12H11F2NOS. The van der Waals surface area contributed by atoms with Gasteiger partial charge >= 0.3 is 6.61 Å². The van der Waals surface area contributed by atoms with Gasteiger partial charge < -0.3 is 10.1 Å². The summed E-state index contributed by atoms with van der Waals surface area (Å²) in [6.07, 6.45) is 0. The first-order valence-electron chi connectivity index (χ1n) is 5.04. The molecule has 0 bridgehead atoms. The molecule has 2 aromatic rings. The average Bonchev–Trinajstić information content (AvgIpc) is 2.80. The SMILES string of the molecule is FC(F)Oc1ccccc1CNc1ccsc1. The van der Waals surface area contributed by atoms with E-state index >= 15 is 0 Å². The number of hydrogen-bond donors (Lipinski definition) is 1. The maximum atomic E-state index is 12.2. The number of rotatable bonds is 5. The lowest BCUT2D eigenvalue weighted by molar-refractivity contribution is -0.0504. The van der Waals surface area contributed by atoms with Gasteiger partial charge in [-0.2, -0.15) is 20.1 Å². The van der Waals surface area contributed by atoms with Crippen LogP contribution in [0, 0.1) is 0 Å². The minimum atomic E-state index is -2.79. The van der Waals surface area contributed by atoms with Crippen LogP contribution in [0.1, 0.15) is 5.56 Å². The number of alkyl halides is 2. The van der Waals surface area contributed by atoms with Crippen LogP contribution in [-0.4, -0.2) is 6.61 Å². The van der Waals surface area contributed by atoms with Crippen LogP contribution in [0.2, 0.25) is 0 Å². The Labute approximate surface area is 102 Å². The molecule has 2 rings (SSSR count). The second-order valence-corrected chi connectivity index (χ2v) is 4.13. The molecule has 0 amide bonds. The lowest BCUT2D eigenvalue weighted by atomic mass is 10.2. The Balaban J connectivity index is 2.04. The summed E-state index contributed by atoms with van der Waals surface area (Å²) in [6, 6.07) is 8.70. The van der Waals surface area contributed by atoms with Crippen LogP contribution in [0.4, 0.5) is 14.5 Å². The molecule has 0 aliphatic rings. The van der Waals surface area contributed by atoms with Gasteiger partial charge in [-0.25, -0.2) is 0 Å². The highest BCUT2D eigenvalue weighted by Crippen LogP contribution is 2.22. The molecule has 0 radical (unpaired) electrons. The first kappa shape index (κ1) is 11.9. The molecule has 0 unspecified atom stereocenters. The molecule has 0 saturated heterocycles. The molecule has 0 aliphatic carbocycles. The molecule has 1 N–H and O–H groups in total. The number of nitrogens with one attached hydrogen (secondary N) is 1. The van der Waals surface area contributed by atoms with Crippen molar-refractivity contribution in [1.82, 2.24) is 0 Å². The Hall–Kier alpha value is -1.62. The summed E-state index contributed by atoms with van der Waals surface area (Å²) in [5.41, 5.74) is 1.68. The van der Waals surface area contributed by atoms with Crippen LogP contribution in [-0.2, 0) is 6.54 Å². The second-order valence-electron chi connectivity index (χ2n) is 3.35. The lowest BCUT2D eigenvalue weighted by Crippen LogP contribution is -2.06. The van der Waals surface area contributed by atoms with Crippen molar-refractivity contribution in [2.24, 2.45) is 0 Å². The number of para-hydroxylation sites is 1. The largest absolute Gasteiger partial charge is 0.434 e. The van der Waals surface area contributed by atoms with Crippen molar-refractivity contribution in [3.63, 3.8) is 0 Å². The van der Waals surface area contributed by atoms with E-state index in [1.54, 1.807) is 29.5 Å². The fourth-order valence-corrected chi connectivity index (χ4v) is 2.04. The summed E-state index contributed by atoms with van der Waals surface area (Å²) < 4.78 is 28.8. The van der Waals surface area contributed by atoms with Gasteiger partial charge in [-0.15, -0.1) is 0 Å². The van der Waals surface area contributed by atoms with Crippen LogP contribution in [0.15, 0.2) is 41.1 Å². The summed E-state index contributed by atoms with van der Waals surface area (Å²) in [6.45, 7) is -2.34. The van der Waals surface area contributed by atoms with Crippen molar-refractivity contribution in [2.75, 3.05) is 5.32 Å². The summed E-state index contributed by atoms with van der Waals surface area (Å²) in [5.74, 6) is 0.213. The summed E-state index contributed by atoms with van der Waals surface area (Å²) >= 11 is 1.58. The molecule has 0 fully saturated rings. The summed E-state index contributed by atoms with van der Waals surface area (Å²) in [4.78, 5) is 0. The Morgan fingerprint density at radius 3 is 2.76 bits per heavy atom. The van der Waals surface area contributed by atoms with Crippen LogP contribution in [0.3, 0.4) is 0 Å². The highest BCUT2D eigenvalue weighted by atomic mass is 32.1. The predicted octanol–water partition coefficient (Wildman–Crippen LogP) is 3.96. The number of anilines is 1. The minimum Gasteiger partial charge on any atom is -0.434 e. The van der Waals surface area contributed by atoms with Crippen LogP contribution >= 0.6 is 11.3 Å². The van der Waals surface area contributed by atoms with Gasteiger partial charge in [-0.1, -0.05) is 18.2 Å². The fraction of sp³-hybridized carbons (Fsp3) is 0.167. The summed E-state index contributed by atoms with van der Waals surface area (Å²) in [7, 11) is 0. The third-order valence-electron chi connectivity index (χ3n) is 2.19. The van der Waals surface area contributed by atoms with E-state index in [0.29, 0.717) is 12.1 Å². The van der Waals surface area contributed by atoms with Crippen molar-refractivity contribution >= 4 is 17.0 Å². The number of hydrogen-bond acceptors (Lipinski definition) is 3. The topological polar surface area (TPSA) is 21.3 Å². The van der Waals surface area contributed by atoms with Gasteiger partial charge in [0.05, 0.1) is 0 Å². The maximum Gasteiger partial charge on any atom is 0.387 e. The number of thiophene rings is 1. The van der Waals surface area contributed by atoms with Gasteiger partial charge in [0.1, 0.15) is 5.75 Å². The molecule has 0 spiro atoms. The van der Waals surface area contributed by atoms with Gasteiger partial charge in [0.15, 0.2) is 0 Å². The molecule has 5 heteroatoms. The molecule has 90 valence electrons. The van der Waals surface area contributed by atoms with Gasteiger partial charge in [-0.3, -0.25) is 0 Å². The normalized spacial score (nSPS) is 10.5. The van der Waals surface area contributed by atoms with E-state index in [1.807, 2.05) is 16.8 Å². The van der Waals surface area contributed by atoms with E-state index in [2.05, 4.69) is 10.1 Å². The zero-order chi connectivity index (χ0) is 12.1. The molecule has 2 nitrogen and oxygen atoms in total. The highest BCUT2D eigenvalue weighted by molar-refractivity contribution is 7.08. The summed E-state index contributed by atoms with van der Waals surface area (Å²) in [5, 5.41) is 7.04. The van der Waals surface area contributed by atoms with E-state index in [1.165, 1.54) is 6.07 Å². The van der Waals surface area contributed by atoms with Gasteiger partial charge in [-0.05, 0) is 17.5 Å². The van der Waals surface area contributed by atoms with E-state index < -0.39 is 6.61 Å². The molecule has 0 aliphatic heterocycles. The van der Waals surface area contributed by atoms with Crippen LogP contribution in [0.25, 0.3) is 0 Å². The first-order valence-corrected chi connectivity index (χ1v) is 5.99. The second kappa shape index (κ2) is 5.63. The van der Waals surface area contributed by atoms with Gasteiger partial charge in [0.25, 0.3) is 0 Å². The smallest absolute Gasteiger partial charge is 0.387 e. The monoisotopic (exact) mass is 255 g/mol.